The van der Waals surface area contributed by atoms with Gasteiger partial charge in [-0.25, -0.2) is 0 Å². The third kappa shape index (κ3) is 30.0. The van der Waals surface area contributed by atoms with E-state index in [9.17, 15) is 13.2 Å². The SMILES string of the molecule is CCC(C)c1ccc(N(c2ccc(C)cc2)c2ccc(C)cc2)cc1.CCCCCCCCc1cc(C)ccc1-c1ccc(C)cc1CCCCCCCC.CCCCCCCCc1cc(C)ccc1-c1ccc(C)cc1CCCCCCCC.Cc1ccc(N(c2ccc(C)cc2)c2cccc(C(F)(F)F)c2)cc1. The second-order valence-electron chi connectivity index (χ2n) is 31.7. The van der Waals surface area contributed by atoms with Crippen LogP contribution in [0.2, 0.25) is 0 Å². The second kappa shape index (κ2) is 48.4. The van der Waals surface area contributed by atoms with E-state index < -0.39 is 11.7 Å². The molecule has 0 aromatic heterocycles. The van der Waals surface area contributed by atoms with Gasteiger partial charge in [-0.3, -0.25) is 0 Å². The van der Waals surface area contributed by atoms with Gasteiger partial charge in [0.2, 0.25) is 0 Å². The molecule has 588 valence electrons. The minimum atomic E-state index is -4.37. The molecule has 10 rings (SSSR count). The third-order valence-corrected chi connectivity index (χ3v) is 21.8. The van der Waals surface area contributed by atoms with Gasteiger partial charge in [0.1, 0.15) is 0 Å². The average molecular weight is 1480 g/mol. The lowest BCUT2D eigenvalue weighted by molar-refractivity contribution is -0.137. The topological polar surface area (TPSA) is 6.48 Å². The third-order valence-electron chi connectivity index (χ3n) is 21.8. The molecule has 1 unspecified atom stereocenters. The maximum absolute atomic E-state index is 13.1. The summed E-state index contributed by atoms with van der Waals surface area (Å²) in [5.74, 6) is 0.598. The standard InChI is InChI=1S/2C30H46.C24H27N.C21H18F3N/c2*1-5-7-9-11-13-15-17-27-23-25(3)19-21-29(27)30-22-20-26(4)24-28(30)18-16-14-12-10-8-6-2;1-5-20(4)21-10-16-24(17-11-21)25(22-12-6-18(2)7-13-22)23-14-8-19(3)9-15-23;1-15-6-10-18(11-7-15)25(19-12-8-16(2)9-13-19)20-5-3-4-17(14-20)21(22,23)24/h2*19-24H,5-18H2,1-4H3;6-17,20H,5H2,1-4H3;3-14H,1-2H3. The number of rotatable bonds is 38. The minimum Gasteiger partial charge on any atom is -0.311 e. The van der Waals surface area contributed by atoms with Crippen LogP contribution in [-0.4, -0.2) is 0 Å². The van der Waals surface area contributed by atoms with Crippen molar-refractivity contribution in [3.05, 3.63) is 296 Å². The van der Waals surface area contributed by atoms with Crippen molar-refractivity contribution < 1.29 is 13.2 Å². The predicted molar refractivity (Wildman–Crippen MR) is 476 cm³/mol. The summed E-state index contributed by atoms with van der Waals surface area (Å²) in [6, 6.07) is 75.8. The van der Waals surface area contributed by atoms with Crippen LogP contribution in [0.25, 0.3) is 22.3 Å². The van der Waals surface area contributed by atoms with Crippen LogP contribution in [0.15, 0.2) is 218 Å². The number of hydrogen-bond donors (Lipinski definition) is 0. The Labute approximate surface area is 666 Å². The molecule has 1 atom stereocenters. The van der Waals surface area contributed by atoms with E-state index in [0.717, 1.165) is 28.6 Å². The molecule has 0 heterocycles. The van der Waals surface area contributed by atoms with E-state index in [4.69, 9.17) is 0 Å². The van der Waals surface area contributed by atoms with Gasteiger partial charge in [0, 0.05) is 34.1 Å². The van der Waals surface area contributed by atoms with Crippen LogP contribution in [-0.2, 0) is 31.9 Å². The van der Waals surface area contributed by atoms with Crippen molar-refractivity contribution in [3.63, 3.8) is 0 Å². The van der Waals surface area contributed by atoms with Gasteiger partial charge in [0.15, 0.2) is 0 Å². The van der Waals surface area contributed by atoms with Crippen molar-refractivity contribution in [2.45, 2.75) is 295 Å². The van der Waals surface area contributed by atoms with Crippen LogP contribution in [0.1, 0.15) is 286 Å². The van der Waals surface area contributed by atoms with Crippen LogP contribution in [0, 0.1) is 55.4 Å². The molecule has 0 N–H and O–H groups in total. The van der Waals surface area contributed by atoms with Crippen LogP contribution < -0.4 is 9.80 Å². The van der Waals surface area contributed by atoms with Crippen molar-refractivity contribution in [2.75, 3.05) is 9.80 Å². The summed E-state index contributed by atoms with van der Waals surface area (Å²) in [4.78, 5) is 4.15. The fraction of sp³-hybridized carbons (Fsp3) is 0.429. The summed E-state index contributed by atoms with van der Waals surface area (Å²) in [6.07, 6.45) is 34.4. The van der Waals surface area contributed by atoms with Crippen LogP contribution >= 0.6 is 0 Å². The molecular weight excluding hydrogens is 1350 g/mol. The predicted octanol–water partition coefficient (Wildman–Crippen LogP) is 33.6. The lowest BCUT2D eigenvalue weighted by atomic mass is 9.89. The molecule has 10 aromatic rings. The summed E-state index contributed by atoms with van der Waals surface area (Å²) in [5, 5.41) is 0. The van der Waals surface area contributed by atoms with Crippen molar-refractivity contribution in [1.82, 2.24) is 0 Å². The van der Waals surface area contributed by atoms with Crippen LogP contribution in [0.4, 0.5) is 47.3 Å². The van der Waals surface area contributed by atoms with Crippen molar-refractivity contribution >= 4 is 34.1 Å². The Morgan fingerprint density at radius 2 is 0.491 bits per heavy atom. The molecule has 0 saturated heterocycles. The highest BCUT2D eigenvalue weighted by Crippen LogP contribution is 2.41. The summed E-state index contributed by atoms with van der Waals surface area (Å²) >= 11 is 0. The smallest absolute Gasteiger partial charge is 0.311 e. The van der Waals surface area contributed by atoms with E-state index in [1.165, 1.54) is 277 Å². The van der Waals surface area contributed by atoms with E-state index in [0.29, 0.717) is 11.6 Å². The van der Waals surface area contributed by atoms with E-state index in [1.807, 2.05) is 67.3 Å². The van der Waals surface area contributed by atoms with E-state index >= 15 is 0 Å². The zero-order chi connectivity index (χ0) is 79.1. The number of benzene rings is 10. The maximum Gasteiger partial charge on any atom is 0.416 e. The number of anilines is 6. The highest BCUT2D eigenvalue weighted by atomic mass is 19.4. The summed E-state index contributed by atoms with van der Waals surface area (Å²) in [5.41, 5.74) is 28.9. The number of alkyl halides is 3. The van der Waals surface area contributed by atoms with Gasteiger partial charge in [0.05, 0.1) is 5.56 Å². The van der Waals surface area contributed by atoms with Gasteiger partial charge in [0.25, 0.3) is 0 Å². The van der Waals surface area contributed by atoms with Gasteiger partial charge >= 0.3 is 6.18 Å². The minimum absolute atomic E-state index is 0.475. The van der Waals surface area contributed by atoms with Crippen molar-refractivity contribution in [2.24, 2.45) is 0 Å². The summed E-state index contributed by atoms with van der Waals surface area (Å²) in [7, 11) is 0. The van der Waals surface area contributed by atoms with Crippen LogP contribution in [0.3, 0.4) is 0 Å². The fourth-order valence-corrected chi connectivity index (χ4v) is 14.8. The molecule has 0 bridgehead atoms. The summed E-state index contributed by atoms with van der Waals surface area (Å²) < 4.78 is 39.4. The summed E-state index contributed by atoms with van der Waals surface area (Å²) in [6.45, 7) is 30.9. The Balaban J connectivity index is 0.000000204. The number of nitrogens with zero attached hydrogens (tertiary/aromatic N) is 2. The molecular formula is C105H137F3N2. The number of halogens is 3. The molecule has 0 aliphatic carbocycles. The first-order chi connectivity index (χ1) is 53.2. The monoisotopic (exact) mass is 1480 g/mol. The number of aryl methyl sites for hydroxylation is 12. The molecule has 2 nitrogen and oxygen atoms in total. The molecule has 0 spiro atoms. The lowest BCUT2D eigenvalue weighted by Crippen LogP contribution is -2.12. The molecule has 0 aliphatic rings. The van der Waals surface area contributed by atoms with Crippen molar-refractivity contribution in [1.29, 1.82) is 0 Å². The zero-order valence-electron chi connectivity index (χ0n) is 70.4. The first kappa shape index (κ1) is 88.8. The number of unbranched alkanes of at least 4 members (excludes halogenated alkanes) is 20. The Morgan fingerprint density at radius 3 is 0.745 bits per heavy atom. The molecule has 110 heavy (non-hydrogen) atoms. The molecule has 0 saturated carbocycles. The van der Waals surface area contributed by atoms with Crippen molar-refractivity contribution in [3.8, 4) is 22.3 Å². The van der Waals surface area contributed by atoms with E-state index in [2.05, 4.69) is 234 Å². The molecule has 0 radical (unpaired) electrons. The second-order valence-corrected chi connectivity index (χ2v) is 31.7. The maximum atomic E-state index is 13.1. The molecule has 5 heteroatoms. The largest absolute Gasteiger partial charge is 0.416 e. The van der Waals surface area contributed by atoms with E-state index in [1.54, 1.807) is 28.3 Å². The number of hydrogen-bond acceptors (Lipinski definition) is 2. The highest BCUT2D eigenvalue weighted by Gasteiger charge is 2.31. The average Bonchev–Trinajstić information content (AvgIpc) is 0.819. The van der Waals surface area contributed by atoms with Gasteiger partial charge in [-0.05, 0) is 248 Å². The van der Waals surface area contributed by atoms with Gasteiger partial charge in [-0.15, -0.1) is 0 Å². The Kier molecular flexibility index (Phi) is 39.1. The fourth-order valence-electron chi connectivity index (χ4n) is 14.8. The Bertz CT molecular complexity index is 3850. The zero-order valence-corrected chi connectivity index (χ0v) is 70.4. The molecule has 0 fully saturated rings. The Morgan fingerprint density at radius 1 is 0.255 bits per heavy atom. The van der Waals surface area contributed by atoms with Gasteiger partial charge in [-0.2, -0.15) is 13.2 Å². The lowest BCUT2D eigenvalue weighted by Gasteiger charge is -2.26. The molecule has 10 aromatic carbocycles. The first-order valence-electron chi connectivity index (χ1n) is 42.8. The van der Waals surface area contributed by atoms with Gasteiger partial charge in [-0.1, -0.05) is 354 Å². The highest BCUT2D eigenvalue weighted by molar-refractivity contribution is 5.79. The quantitative estimate of drug-likeness (QED) is 0.0356. The Hall–Kier alpha value is -8.41. The van der Waals surface area contributed by atoms with E-state index in [-0.39, 0.29) is 0 Å². The van der Waals surface area contributed by atoms with Gasteiger partial charge < -0.3 is 9.80 Å². The first-order valence-corrected chi connectivity index (χ1v) is 42.8. The normalized spacial score (nSPS) is 11.4. The van der Waals surface area contributed by atoms with Crippen LogP contribution in [0.5, 0.6) is 0 Å². The molecule has 0 amide bonds. The molecule has 0 aliphatic heterocycles.